The first-order valence-corrected chi connectivity index (χ1v) is 8.65. The molecule has 0 radical (unpaired) electrons. The summed E-state index contributed by atoms with van der Waals surface area (Å²) in [4.78, 5) is 10.3. The first kappa shape index (κ1) is 18.5. The Morgan fingerprint density at radius 3 is 2.58 bits per heavy atom. The third-order valence-electron chi connectivity index (χ3n) is 2.38. The fourth-order valence-corrected chi connectivity index (χ4v) is 3.53. The lowest BCUT2D eigenvalue weighted by Gasteiger charge is -2.03. The number of thiophene rings is 1. The van der Waals surface area contributed by atoms with Crippen molar-refractivity contribution in [3.8, 4) is 0 Å². The molecule has 1 aromatic heterocycles. The van der Waals surface area contributed by atoms with Crippen LogP contribution in [0.15, 0.2) is 21.7 Å². The predicted octanol–water partition coefficient (Wildman–Crippen LogP) is 3.66. The highest BCUT2D eigenvalue weighted by atomic mass is 32.2. The fraction of sp³-hybridized carbons (Fsp3) is 0.643. The summed E-state index contributed by atoms with van der Waals surface area (Å²) in [5.74, 6) is 0.996. The number of carbonyl (C=O) groups is 1. The summed E-state index contributed by atoms with van der Waals surface area (Å²) in [6, 6.07) is 3.89. The van der Waals surface area contributed by atoms with E-state index < -0.39 is 10.8 Å². The lowest BCUT2D eigenvalue weighted by atomic mass is 10.2. The molecule has 5 heteroatoms. The zero-order valence-corrected chi connectivity index (χ0v) is 13.8. The van der Waals surface area contributed by atoms with Crippen LogP contribution < -0.4 is 0 Å². The van der Waals surface area contributed by atoms with Crippen LogP contribution in [0.1, 0.15) is 40.0 Å². The van der Waals surface area contributed by atoms with Gasteiger partial charge in [0.2, 0.25) is 0 Å². The van der Waals surface area contributed by atoms with Crippen LogP contribution in [0.25, 0.3) is 0 Å². The Balaban J connectivity index is 0.000000362. The quantitative estimate of drug-likeness (QED) is 0.772. The molecule has 0 N–H and O–H groups in total. The van der Waals surface area contributed by atoms with Crippen molar-refractivity contribution in [3.63, 3.8) is 0 Å². The fourth-order valence-electron chi connectivity index (χ4n) is 1.26. The van der Waals surface area contributed by atoms with E-state index in [0.29, 0.717) is 6.42 Å². The molecule has 0 bridgehead atoms. The lowest BCUT2D eigenvalue weighted by molar-refractivity contribution is -0.119. The van der Waals surface area contributed by atoms with Gasteiger partial charge in [0.15, 0.2) is 0 Å². The molecule has 0 spiro atoms. The van der Waals surface area contributed by atoms with E-state index in [1.807, 2.05) is 24.4 Å². The first-order valence-electron chi connectivity index (χ1n) is 6.45. The average molecular weight is 304 g/mol. The van der Waals surface area contributed by atoms with E-state index in [9.17, 15) is 9.00 Å². The molecule has 0 saturated carbocycles. The molecule has 2 atom stereocenters. The van der Waals surface area contributed by atoms with Gasteiger partial charge >= 0.3 is 0 Å². The van der Waals surface area contributed by atoms with Crippen molar-refractivity contribution in [1.29, 1.82) is 0 Å². The van der Waals surface area contributed by atoms with Crippen molar-refractivity contribution < 1.29 is 13.7 Å². The summed E-state index contributed by atoms with van der Waals surface area (Å²) in [5.41, 5.74) is 0. The second-order valence-electron chi connectivity index (χ2n) is 4.29. The molecular formula is C14H24O3S2. The van der Waals surface area contributed by atoms with Gasteiger partial charge < -0.3 is 4.74 Å². The van der Waals surface area contributed by atoms with Crippen LogP contribution >= 0.6 is 11.3 Å². The molecule has 110 valence electrons. The van der Waals surface area contributed by atoms with E-state index in [2.05, 4.69) is 6.92 Å². The molecule has 19 heavy (non-hydrogen) atoms. The van der Waals surface area contributed by atoms with Gasteiger partial charge in [-0.1, -0.05) is 19.4 Å². The summed E-state index contributed by atoms with van der Waals surface area (Å²) < 4.78 is 17.2. The van der Waals surface area contributed by atoms with Gasteiger partial charge in [-0.2, -0.15) is 0 Å². The second kappa shape index (κ2) is 11.3. The molecule has 0 amide bonds. The third-order valence-corrected chi connectivity index (χ3v) is 5.13. The zero-order chi connectivity index (χ0) is 14.7. The van der Waals surface area contributed by atoms with Crippen LogP contribution in [0.3, 0.4) is 0 Å². The Kier molecular flexibility index (Phi) is 11.0. The molecule has 2 unspecified atom stereocenters. The maximum absolute atomic E-state index is 11.4. The molecule has 0 fully saturated rings. The smallest absolute Gasteiger partial charge is 0.132 e. The predicted molar refractivity (Wildman–Crippen MR) is 82.3 cm³/mol. The van der Waals surface area contributed by atoms with E-state index in [1.165, 1.54) is 0 Å². The molecule has 0 aromatic carbocycles. The van der Waals surface area contributed by atoms with Gasteiger partial charge in [0.05, 0.1) is 21.1 Å². The number of hydrogen-bond acceptors (Lipinski definition) is 4. The van der Waals surface area contributed by atoms with Gasteiger partial charge in [-0.15, -0.1) is 11.3 Å². The van der Waals surface area contributed by atoms with Crippen molar-refractivity contribution in [2.24, 2.45) is 0 Å². The Morgan fingerprint density at radius 2 is 2.21 bits per heavy atom. The number of rotatable bonds is 7. The van der Waals surface area contributed by atoms with Crippen molar-refractivity contribution >= 4 is 27.9 Å². The molecule has 0 aliphatic heterocycles. The van der Waals surface area contributed by atoms with Gasteiger partial charge in [0.1, 0.15) is 5.78 Å². The lowest BCUT2D eigenvalue weighted by Crippen LogP contribution is -2.08. The highest BCUT2D eigenvalue weighted by Crippen LogP contribution is 2.14. The van der Waals surface area contributed by atoms with Crippen molar-refractivity contribution in [1.82, 2.24) is 0 Å². The summed E-state index contributed by atoms with van der Waals surface area (Å²) in [6.07, 6.45) is 2.78. The van der Waals surface area contributed by atoms with Gasteiger partial charge in [-0.05, 0) is 31.7 Å². The molecular weight excluding hydrogens is 280 g/mol. The molecule has 0 saturated heterocycles. The minimum Gasteiger partial charge on any atom is -0.381 e. The SMILES string of the molecule is CCCCS(=O)c1cccs1.COC(C)CC(C)=O. The topological polar surface area (TPSA) is 43.4 Å². The van der Waals surface area contributed by atoms with Crippen molar-refractivity contribution in [2.75, 3.05) is 12.9 Å². The monoisotopic (exact) mass is 304 g/mol. The number of ketones is 1. The Labute approximate surface area is 122 Å². The molecule has 1 rings (SSSR count). The number of methoxy groups -OCH3 is 1. The number of carbonyl (C=O) groups excluding carboxylic acids is 1. The normalized spacial score (nSPS) is 13.3. The molecule has 0 aliphatic rings. The Morgan fingerprint density at radius 1 is 1.53 bits per heavy atom. The van der Waals surface area contributed by atoms with E-state index in [-0.39, 0.29) is 11.9 Å². The highest BCUT2D eigenvalue weighted by molar-refractivity contribution is 7.87. The maximum Gasteiger partial charge on any atom is 0.132 e. The van der Waals surface area contributed by atoms with Crippen LogP contribution in [0, 0.1) is 0 Å². The first-order chi connectivity index (χ1) is 9.01. The minimum atomic E-state index is -0.734. The number of Topliss-reactive ketones (excluding diaryl/α,β-unsaturated/α-hetero) is 1. The summed E-state index contributed by atoms with van der Waals surface area (Å²) in [7, 11) is 0.871. The summed E-state index contributed by atoms with van der Waals surface area (Å²) >= 11 is 1.58. The molecule has 0 aliphatic carbocycles. The van der Waals surface area contributed by atoms with E-state index >= 15 is 0 Å². The van der Waals surface area contributed by atoms with Crippen LogP contribution in [0.5, 0.6) is 0 Å². The van der Waals surface area contributed by atoms with E-state index in [4.69, 9.17) is 4.74 Å². The number of unbranched alkanes of at least 4 members (excludes halogenated alkanes) is 1. The highest BCUT2D eigenvalue weighted by Gasteiger charge is 2.02. The van der Waals surface area contributed by atoms with Gasteiger partial charge in [-0.25, -0.2) is 0 Å². The standard InChI is InChI=1S/C8H12OS2.C6H12O2/c1-2-3-7-11(9)8-5-4-6-10-8;1-5(7)4-6(2)8-3/h4-6H,2-3,7H2,1H3;6H,4H2,1-3H3. The van der Waals surface area contributed by atoms with Gasteiger partial charge in [-0.3, -0.25) is 9.00 Å². The third kappa shape index (κ3) is 9.99. The average Bonchev–Trinajstić information content (AvgIpc) is 2.89. The maximum atomic E-state index is 11.4. The van der Waals surface area contributed by atoms with E-state index in [1.54, 1.807) is 25.4 Å². The van der Waals surface area contributed by atoms with Crippen molar-refractivity contribution in [2.45, 2.75) is 50.3 Å². The number of ether oxygens (including phenoxy) is 1. The largest absolute Gasteiger partial charge is 0.381 e. The van der Waals surface area contributed by atoms with Gasteiger partial charge in [0, 0.05) is 19.3 Å². The van der Waals surface area contributed by atoms with Crippen LogP contribution in [-0.2, 0) is 20.3 Å². The molecule has 1 aromatic rings. The summed E-state index contributed by atoms with van der Waals surface area (Å²) in [6.45, 7) is 5.56. The molecule has 1 heterocycles. The van der Waals surface area contributed by atoms with Crippen LogP contribution in [0.4, 0.5) is 0 Å². The second-order valence-corrected chi connectivity index (χ2v) is 7.03. The van der Waals surface area contributed by atoms with Crippen LogP contribution in [-0.4, -0.2) is 29.0 Å². The summed E-state index contributed by atoms with van der Waals surface area (Å²) in [5, 5.41) is 1.97. The van der Waals surface area contributed by atoms with Crippen LogP contribution in [0.2, 0.25) is 0 Å². The Bertz CT molecular complexity index is 361. The minimum absolute atomic E-state index is 0.0764. The number of hydrogen-bond donors (Lipinski definition) is 0. The molecule has 3 nitrogen and oxygen atoms in total. The zero-order valence-electron chi connectivity index (χ0n) is 12.2. The Hall–Kier alpha value is -0.520. The van der Waals surface area contributed by atoms with E-state index in [0.717, 1.165) is 22.8 Å². The van der Waals surface area contributed by atoms with Gasteiger partial charge in [0.25, 0.3) is 0 Å². The van der Waals surface area contributed by atoms with Crippen molar-refractivity contribution in [3.05, 3.63) is 17.5 Å².